The Labute approximate surface area is 408 Å². The van der Waals surface area contributed by atoms with Gasteiger partial charge in [-0.25, -0.2) is 53.0 Å². The van der Waals surface area contributed by atoms with Gasteiger partial charge in [0.25, 0.3) is 0 Å². The van der Waals surface area contributed by atoms with Crippen LogP contribution >= 0.6 is 11.6 Å². The van der Waals surface area contributed by atoms with Crippen molar-refractivity contribution in [3.63, 3.8) is 0 Å². The number of methoxy groups -OCH3 is 2. The second-order valence-corrected chi connectivity index (χ2v) is 20.8. The van der Waals surface area contributed by atoms with Gasteiger partial charge in [-0.3, -0.25) is 9.59 Å². The molecule has 0 spiro atoms. The molecule has 20 nitrogen and oxygen atoms in total. The number of sulfonamides is 2. The normalized spacial score (nSPS) is 15.7. The molecule has 2 aliphatic heterocycles. The molecule has 0 bridgehead atoms. The zero-order chi connectivity index (χ0) is 51.3. The third kappa shape index (κ3) is 14.3. The zero-order valence-corrected chi connectivity index (χ0v) is 40.9. The third-order valence-electron chi connectivity index (χ3n) is 11.2. The van der Waals surface area contributed by atoms with Crippen molar-refractivity contribution in [2.24, 2.45) is 0 Å². The lowest BCUT2D eigenvalue weighted by molar-refractivity contribution is 0.102. The van der Waals surface area contributed by atoms with Crippen molar-refractivity contribution in [3.8, 4) is 11.5 Å². The van der Waals surface area contributed by atoms with E-state index in [0.29, 0.717) is 77.8 Å². The van der Waals surface area contributed by atoms with Gasteiger partial charge in [0.15, 0.2) is 23.3 Å². The van der Waals surface area contributed by atoms with Gasteiger partial charge in [0, 0.05) is 63.1 Å². The van der Waals surface area contributed by atoms with Crippen LogP contribution in [0.3, 0.4) is 0 Å². The maximum absolute atomic E-state index is 14.3. The number of aromatic nitrogens is 4. The molecule has 1 atom stereocenters. The molecule has 2 aromatic heterocycles. The number of nitrogens with zero attached hydrogens (tertiary/aromatic N) is 6. The molecule has 6 rings (SSSR count). The van der Waals surface area contributed by atoms with Gasteiger partial charge in [0.2, 0.25) is 43.5 Å². The first kappa shape index (κ1) is 55.4. The van der Waals surface area contributed by atoms with Crippen LogP contribution in [-0.4, -0.2) is 151 Å². The molecule has 2 saturated heterocycles. The number of hydrogen-bond donors (Lipinski definition) is 6. The monoisotopic (exact) mass is 1050 g/mol. The topological polar surface area (TPSA) is 287 Å². The van der Waals surface area contributed by atoms with Gasteiger partial charge < -0.3 is 42.0 Å². The summed E-state index contributed by atoms with van der Waals surface area (Å²) in [7, 11) is -4.28. The SMILES string of the molecule is COc1ccc(F)c(F)c1C(=O)c1cnc(NC2CCN(S(=O)(=O)CCCCl)CC2)nc1N.COc1ccc(F)c(F)c1C(=O)c1cnc(NC2CCN(S(=O)(=O)CCCNCC(C)O)CC2)nc1N. The molecule has 4 aromatic rings. The van der Waals surface area contributed by atoms with Crippen LogP contribution in [-0.2, 0) is 20.0 Å². The fraction of sp³-hybridized carbons (Fsp3) is 0.488. The fourth-order valence-corrected chi connectivity index (χ4v) is 10.8. The first-order valence-electron chi connectivity index (χ1n) is 22.0. The minimum atomic E-state index is -3.39. The average Bonchev–Trinajstić information content (AvgIpc) is 3.32. The Balaban J connectivity index is 0.000000262. The van der Waals surface area contributed by atoms with Gasteiger partial charge in [-0.05, 0) is 76.3 Å². The Morgan fingerprint density at radius 2 is 1.14 bits per heavy atom. The van der Waals surface area contributed by atoms with E-state index in [9.17, 15) is 49.1 Å². The first-order valence-corrected chi connectivity index (χ1v) is 25.8. The highest BCUT2D eigenvalue weighted by Gasteiger charge is 2.31. The number of aliphatic hydroxyl groups excluding tert-OH is 1. The molecule has 0 amide bonds. The lowest BCUT2D eigenvalue weighted by atomic mass is 10.0. The molecular weight excluding hydrogens is 990 g/mol. The Morgan fingerprint density at radius 3 is 1.50 bits per heavy atom. The van der Waals surface area contributed by atoms with Crippen LogP contribution in [0.1, 0.15) is 77.3 Å². The van der Waals surface area contributed by atoms with Crippen LogP contribution in [0.4, 0.5) is 41.1 Å². The minimum Gasteiger partial charge on any atom is -0.496 e. The number of nitrogen functional groups attached to an aromatic ring is 2. The van der Waals surface area contributed by atoms with Crippen LogP contribution in [0.2, 0.25) is 0 Å². The number of anilines is 4. The predicted octanol–water partition coefficient (Wildman–Crippen LogP) is 3.55. The lowest BCUT2D eigenvalue weighted by Crippen LogP contribution is -2.43. The molecule has 2 aliphatic rings. The number of halogens is 5. The van der Waals surface area contributed by atoms with E-state index in [-0.39, 0.29) is 75.6 Å². The van der Waals surface area contributed by atoms with Crippen LogP contribution in [0.15, 0.2) is 36.7 Å². The molecule has 0 saturated carbocycles. The van der Waals surface area contributed by atoms with E-state index in [0.717, 1.165) is 36.7 Å². The van der Waals surface area contributed by atoms with Gasteiger partial charge in [0.1, 0.15) is 34.3 Å². The van der Waals surface area contributed by atoms with E-state index < -0.39 is 72.1 Å². The number of alkyl halides is 1. The Kier molecular flexibility index (Phi) is 19.8. The van der Waals surface area contributed by atoms with Crippen molar-refractivity contribution in [3.05, 3.63) is 82.2 Å². The zero-order valence-electron chi connectivity index (χ0n) is 38.6. The van der Waals surface area contributed by atoms with Crippen molar-refractivity contribution >= 4 is 66.7 Å². The summed E-state index contributed by atoms with van der Waals surface area (Å²) >= 11 is 5.59. The van der Waals surface area contributed by atoms with Crippen LogP contribution in [0.5, 0.6) is 11.5 Å². The van der Waals surface area contributed by atoms with Crippen molar-refractivity contribution in [1.29, 1.82) is 0 Å². The number of ether oxygens (including phenoxy) is 2. The summed E-state index contributed by atoms with van der Waals surface area (Å²) in [5.41, 5.74) is 10.2. The number of rotatable bonds is 21. The van der Waals surface area contributed by atoms with E-state index in [1.165, 1.54) is 22.8 Å². The molecule has 2 aromatic carbocycles. The van der Waals surface area contributed by atoms with Gasteiger partial charge in [-0.15, -0.1) is 11.6 Å². The molecule has 0 radical (unpaired) electrons. The van der Waals surface area contributed by atoms with Crippen LogP contribution in [0, 0.1) is 23.3 Å². The number of carbonyl (C=O) groups excluding carboxylic acids is 2. The lowest BCUT2D eigenvalue weighted by Gasteiger charge is -2.31. The highest BCUT2D eigenvalue weighted by molar-refractivity contribution is 7.89. The van der Waals surface area contributed by atoms with Crippen LogP contribution < -0.4 is 36.9 Å². The number of ketones is 2. The van der Waals surface area contributed by atoms with E-state index in [2.05, 4.69) is 35.9 Å². The smallest absolute Gasteiger partial charge is 0.224 e. The van der Waals surface area contributed by atoms with Crippen molar-refractivity contribution in [2.45, 2.75) is 63.6 Å². The van der Waals surface area contributed by atoms with E-state index >= 15 is 0 Å². The van der Waals surface area contributed by atoms with Gasteiger partial charge >= 0.3 is 0 Å². The average molecular weight is 1050 g/mol. The second kappa shape index (κ2) is 25.0. The standard InChI is InChI=1S/C23H32F2N6O5S.C20H24ClF2N5O4S/c1-14(32)12-27-8-3-11-37(34,35)31-9-6-15(7-10-31)29-23-28-13-16(22(26)30-23)21(33)19-18(36-2)5-4-17(24)20(19)25;1-32-15-4-3-14(22)17(23)16(15)18(29)13-11-25-20(27-19(13)24)26-12-5-8-28(9-6-12)33(30,31)10-2-7-21/h4-5,13-15,27,32H,3,6-12H2,1-2H3,(H3,26,28,29,30);3-4,11-12H,2,5-10H2,1H3,(H3,24,25,26,27). The highest BCUT2D eigenvalue weighted by atomic mass is 35.5. The van der Waals surface area contributed by atoms with Crippen molar-refractivity contribution in [2.75, 3.05) is 93.0 Å². The van der Waals surface area contributed by atoms with E-state index in [4.69, 9.17) is 32.5 Å². The Hall–Kier alpha value is -5.51. The van der Waals surface area contributed by atoms with Gasteiger partial charge in [-0.2, -0.15) is 9.97 Å². The number of aliphatic hydroxyl groups is 1. The number of piperidine rings is 2. The summed E-state index contributed by atoms with van der Waals surface area (Å²) in [6, 6.07) is 3.75. The van der Waals surface area contributed by atoms with Crippen LogP contribution in [0.25, 0.3) is 0 Å². The summed E-state index contributed by atoms with van der Waals surface area (Å²) in [4.78, 5) is 41.9. The molecule has 2 fully saturated rings. The highest BCUT2D eigenvalue weighted by Crippen LogP contribution is 2.30. The largest absolute Gasteiger partial charge is 0.496 e. The Bertz CT molecular complexity index is 2700. The quantitative estimate of drug-likeness (QED) is 0.0301. The predicted molar refractivity (Wildman–Crippen MR) is 254 cm³/mol. The summed E-state index contributed by atoms with van der Waals surface area (Å²) < 4.78 is 119. The maximum Gasteiger partial charge on any atom is 0.224 e. The summed E-state index contributed by atoms with van der Waals surface area (Å²) in [6.07, 6.45) is 4.67. The number of nitrogens with one attached hydrogen (secondary N) is 3. The fourth-order valence-electron chi connectivity index (χ4n) is 7.48. The molecule has 27 heteroatoms. The first-order chi connectivity index (χ1) is 33.2. The molecular formula is C43H56ClF4N11O9S2. The van der Waals surface area contributed by atoms with E-state index in [1.807, 2.05) is 0 Å². The third-order valence-corrected chi connectivity index (χ3v) is 15.4. The van der Waals surface area contributed by atoms with Crippen molar-refractivity contribution in [1.82, 2.24) is 33.9 Å². The van der Waals surface area contributed by atoms with Crippen molar-refractivity contribution < 1.29 is 58.6 Å². The number of benzene rings is 2. The minimum absolute atomic E-state index is 0.0143. The molecule has 0 aliphatic carbocycles. The second-order valence-electron chi connectivity index (χ2n) is 16.2. The van der Waals surface area contributed by atoms with E-state index in [1.54, 1.807) is 6.92 Å². The molecule has 384 valence electrons. The number of carbonyl (C=O) groups is 2. The molecule has 1 unspecified atom stereocenters. The summed E-state index contributed by atoms with van der Waals surface area (Å²) in [6.45, 7) is 3.89. The molecule has 8 N–H and O–H groups in total. The molecule has 70 heavy (non-hydrogen) atoms. The van der Waals surface area contributed by atoms with Gasteiger partial charge in [0.05, 0.1) is 43.0 Å². The number of hydrogen-bond acceptors (Lipinski definition) is 18. The Morgan fingerprint density at radius 1 is 0.743 bits per heavy atom. The molecule has 4 heterocycles. The maximum atomic E-state index is 14.3. The number of nitrogens with two attached hydrogens (primary N) is 2. The summed E-state index contributed by atoms with van der Waals surface area (Å²) in [5, 5.41) is 18.4. The van der Waals surface area contributed by atoms with Gasteiger partial charge in [-0.1, -0.05) is 0 Å². The summed E-state index contributed by atoms with van der Waals surface area (Å²) in [5.74, 6) is -7.10.